The highest BCUT2D eigenvalue weighted by Crippen LogP contribution is 2.33. The molecule has 1 unspecified atom stereocenters. The van der Waals surface area contributed by atoms with Gasteiger partial charge in [-0.05, 0) is 6.07 Å². The zero-order valence-electron chi connectivity index (χ0n) is 10.7. The highest BCUT2D eigenvalue weighted by atomic mass is 35.5. The molecule has 1 aliphatic heterocycles. The summed E-state index contributed by atoms with van der Waals surface area (Å²) in [6.45, 7) is 2.00. The van der Waals surface area contributed by atoms with Crippen molar-refractivity contribution in [1.82, 2.24) is 10.2 Å². The smallest absolute Gasteiger partial charge is 0.208 e. The lowest BCUT2D eigenvalue weighted by molar-refractivity contribution is 0.00353. The fourth-order valence-electron chi connectivity index (χ4n) is 2.09. The zero-order chi connectivity index (χ0) is 13.9. The third-order valence-corrected chi connectivity index (χ3v) is 4.48. The van der Waals surface area contributed by atoms with Crippen LogP contribution in [0.3, 0.4) is 0 Å². The number of halogens is 1. The number of aliphatic hydroxyl groups excluding tert-OH is 1. The van der Waals surface area contributed by atoms with Crippen LogP contribution in [0.1, 0.15) is 0 Å². The first-order valence-corrected chi connectivity index (χ1v) is 7.53. The van der Waals surface area contributed by atoms with Crippen LogP contribution >= 0.6 is 22.9 Å². The van der Waals surface area contributed by atoms with Gasteiger partial charge in [-0.2, -0.15) is 0 Å². The molecule has 7 heteroatoms. The van der Waals surface area contributed by atoms with Crippen molar-refractivity contribution < 1.29 is 9.84 Å². The Labute approximate surface area is 125 Å². The van der Waals surface area contributed by atoms with Crippen LogP contribution in [-0.2, 0) is 4.74 Å². The Morgan fingerprint density at radius 3 is 3.05 bits per heavy atom. The highest BCUT2D eigenvalue weighted by molar-refractivity contribution is 7.18. The summed E-state index contributed by atoms with van der Waals surface area (Å²) in [5.41, 5.74) is 0.893. The van der Waals surface area contributed by atoms with Gasteiger partial charge in [0, 0.05) is 18.7 Å². The van der Waals surface area contributed by atoms with Crippen LogP contribution in [0.15, 0.2) is 24.3 Å². The molecule has 0 spiro atoms. The second-order valence-electron chi connectivity index (χ2n) is 4.49. The maximum absolute atomic E-state index is 9.17. The summed E-state index contributed by atoms with van der Waals surface area (Å²) in [4.78, 5) is 2.09. The van der Waals surface area contributed by atoms with Crippen molar-refractivity contribution in [3.05, 3.63) is 29.3 Å². The predicted octanol–water partition coefficient (Wildman–Crippen LogP) is 2.06. The first-order chi connectivity index (χ1) is 9.78. The molecule has 3 rings (SSSR count). The van der Waals surface area contributed by atoms with E-state index in [0.717, 1.165) is 22.2 Å². The normalized spacial score (nSPS) is 19.3. The molecule has 5 nitrogen and oxygen atoms in total. The molecule has 1 atom stereocenters. The van der Waals surface area contributed by atoms with E-state index in [0.29, 0.717) is 18.2 Å². The Morgan fingerprint density at radius 2 is 2.25 bits per heavy atom. The summed E-state index contributed by atoms with van der Waals surface area (Å²) >= 11 is 7.67. The first kappa shape index (κ1) is 13.8. The van der Waals surface area contributed by atoms with Gasteiger partial charge in [-0.25, -0.2) is 0 Å². The minimum absolute atomic E-state index is 0.0205. The standard InChI is InChI=1S/C13H14ClN3O2S/c14-11-4-2-1-3-10(11)12-15-16-13(20-12)17-5-6-19-9(7-17)8-18/h1-4,9,18H,5-8H2. The fraction of sp³-hybridized carbons (Fsp3) is 0.385. The predicted molar refractivity (Wildman–Crippen MR) is 79.4 cm³/mol. The van der Waals surface area contributed by atoms with Gasteiger partial charge in [-0.15, -0.1) is 10.2 Å². The quantitative estimate of drug-likeness (QED) is 0.940. The zero-order valence-corrected chi connectivity index (χ0v) is 12.3. The topological polar surface area (TPSA) is 58.5 Å². The van der Waals surface area contributed by atoms with Crippen LogP contribution in [-0.4, -0.2) is 47.7 Å². The molecule has 0 aliphatic carbocycles. The van der Waals surface area contributed by atoms with E-state index in [4.69, 9.17) is 16.3 Å². The van der Waals surface area contributed by atoms with E-state index in [1.54, 1.807) is 0 Å². The number of hydrogen-bond donors (Lipinski definition) is 1. The van der Waals surface area contributed by atoms with Gasteiger partial charge in [0.2, 0.25) is 5.13 Å². The van der Waals surface area contributed by atoms with E-state index in [1.807, 2.05) is 24.3 Å². The molecule has 106 valence electrons. The Hall–Kier alpha value is -1.21. The summed E-state index contributed by atoms with van der Waals surface area (Å²) < 4.78 is 5.43. The molecule has 0 amide bonds. The van der Waals surface area contributed by atoms with Gasteiger partial charge >= 0.3 is 0 Å². The number of anilines is 1. The molecule has 1 aromatic heterocycles. The van der Waals surface area contributed by atoms with Crippen molar-refractivity contribution in [3.8, 4) is 10.6 Å². The SMILES string of the molecule is OCC1CN(c2nnc(-c3ccccc3Cl)s2)CCO1. The summed E-state index contributed by atoms with van der Waals surface area (Å²) in [7, 11) is 0. The molecule has 2 aromatic rings. The average molecular weight is 312 g/mol. The molecule has 1 N–H and O–H groups in total. The van der Waals surface area contributed by atoms with Crippen LogP contribution in [0, 0.1) is 0 Å². The molecule has 1 aromatic carbocycles. The van der Waals surface area contributed by atoms with E-state index in [9.17, 15) is 5.11 Å². The number of hydrogen-bond acceptors (Lipinski definition) is 6. The Morgan fingerprint density at radius 1 is 1.40 bits per heavy atom. The van der Waals surface area contributed by atoms with Gasteiger partial charge in [0.25, 0.3) is 0 Å². The number of nitrogens with zero attached hydrogens (tertiary/aromatic N) is 3. The third-order valence-electron chi connectivity index (χ3n) is 3.13. The van der Waals surface area contributed by atoms with Crippen molar-refractivity contribution >= 4 is 28.1 Å². The van der Waals surface area contributed by atoms with Crippen LogP contribution in [0.4, 0.5) is 5.13 Å². The summed E-state index contributed by atoms with van der Waals surface area (Å²) in [5.74, 6) is 0. The first-order valence-electron chi connectivity index (χ1n) is 6.33. The molecule has 20 heavy (non-hydrogen) atoms. The van der Waals surface area contributed by atoms with Gasteiger partial charge in [0.1, 0.15) is 0 Å². The maximum atomic E-state index is 9.17. The second-order valence-corrected chi connectivity index (χ2v) is 5.85. The molecule has 0 bridgehead atoms. The van der Waals surface area contributed by atoms with Gasteiger partial charge in [-0.1, -0.05) is 41.1 Å². The summed E-state index contributed by atoms with van der Waals surface area (Å²) in [5, 5.41) is 19.9. The Kier molecular flexibility index (Phi) is 4.16. The molecule has 0 radical (unpaired) electrons. The van der Waals surface area contributed by atoms with Gasteiger partial charge in [0.05, 0.1) is 24.3 Å². The number of morpholine rings is 1. The number of rotatable bonds is 3. The fourth-order valence-corrected chi connectivity index (χ4v) is 3.29. The van der Waals surface area contributed by atoms with Crippen LogP contribution in [0.25, 0.3) is 10.6 Å². The van der Waals surface area contributed by atoms with Crippen LogP contribution < -0.4 is 4.90 Å². The minimum atomic E-state index is -0.156. The summed E-state index contributed by atoms with van der Waals surface area (Å²) in [6, 6.07) is 7.59. The van der Waals surface area contributed by atoms with Gasteiger partial charge < -0.3 is 14.7 Å². The molecular formula is C13H14ClN3O2S. The average Bonchev–Trinajstić information content (AvgIpc) is 2.97. The molecule has 1 aliphatic rings. The highest BCUT2D eigenvalue weighted by Gasteiger charge is 2.23. The number of ether oxygens (including phenoxy) is 1. The summed E-state index contributed by atoms with van der Waals surface area (Å²) in [6.07, 6.45) is -0.156. The lowest BCUT2D eigenvalue weighted by atomic mass is 10.2. The van der Waals surface area contributed by atoms with E-state index in [-0.39, 0.29) is 12.7 Å². The van der Waals surface area contributed by atoms with E-state index in [1.165, 1.54) is 11.3 Å². The van der Waals surface area contributed by atoms with Crippen molar-refractivity contribution in [2.75, 3.05) is 31.2 Å². The molecular weight excluding hydrogens is 298 g/mol. The van der Waals surface area contributed by atoms with Crippen molar-refractivity contribution in [2.45, 2.75) is 6.10 Å². The molecule has 1 fully saturated rings. The van der Waals surface area contributed by atoms with E-state index in [2.05, 4.69) is 15.1 Å². The molecule has 2 heterocycles. The number of aliphatic hydroxyl groups is 1. The van der Waals surface area contributed by atoms with E-state index >= 15 is 0 Å². The Balaban J connectivity index is 1.82. The van der Waals surface area contributed by atoms with Crippen molar-refractivity contribution in [2.24, 2.45) is 0 Å². The molecule has 1 saturated heterocycles. The van der Waals surface area contributed by atoms with Gasteiger partial charge in [0.15, 0.2) is 5.01 Å². The molecule has 0 saturated carbocycles. The third kappa shape index (κ3) is 2.78. The second kappa shape index (κ2) is 6.05. The van der Waals surface area contributed by atoms with E-state index < -0.39 is 0 Å². The maximum Gasteiger partial charge on any atom is 0.208 e. The number of aromatic nitrogens is 2. The van der Waals surface area contributed by atoms with Crippen LogP contribution in [0.2, 0.25) is 5.02 Å². The monoisotopic (exact) mass is 311 g/mol. The van der Waals surface area contributed by atoms with Crippen molar-refractivity contribution in [3.63, 3.8) is 0 Å². The lowest BCUT2D eigenvalue weighted by Gasteiger charge is -2.31. The number of benzene rings is 1. The largest absolute Gasteiger partial charge is 0.394 e. The van der Waals surface area contributed by atoms with Crippen molar-refractivity contribution in [1.29, 1.82) is 0 Å². The Bertz CT molecular complexity index is 593. The van der Waals surface area contributed by atoms with Crippen LogP contribution in [0.5, 0.6) is 0 Å². The van der Waals surface area contributed by atoms with Gasteiger partial charge in [-0.3, -0.25) is 0 Å². The lowest BCUT2D eigenvalue weighted by Crippen LogP contribution is -2.44. The minimum Gasteiger partial charge on any atom is -0.394 e.